The lowest BCUT2D eigenvalue weighted by molar-refractivity contribution is 0.580. The van der Waals surface area contributed by atoms with Crippen molar-refractivity contribution in [2.24, 2.45) is 0 Å². The molecule has 0 radical (unpaired) electrons. The van der Waals surface area contributed by atoms with Crippen molar-refractivity contribution in [1.82, 2.24) is 14.7 Å². The van der Waals surface area contributed by atoms with Gasteiger partial charge in [0, 0.05) is 11.9 Å². The number of hydrogen-bond donors (Lipinski definition) is 2. The van der Waals surface area contributed by atoms with Crippen LogP contribution in [0.2, 0.25) is 10.0 Å². The predicted octanol–water partition coefficient (Wildman–Crippen LogP) is 2.15. The standard InChI is InChI=1S/C12H12Cl2N4O2S/c1-7-4-17-9(5-16-7)6-18-21(19,20)12-10(13)2-8(15)3-11(12)14/h2-5,18H,6,15H2,1H3. The molecule has 0 aliphatic carbocycles. The Labute approximate surface area is 132 Å². The molecule has 1 heterocycles. The van der Waals surface area contributed by atoms with Crippen molar-refractivity contribution in [3.8, 4) is 0 Å². The van der Waals surface area contributed by atoms with Gasteiger partial charge in [0.2, 0.25) is 10.0 Å². The molecule has 6 nitrogen and oxygen atoms in total. The molecule has 9 heteroatoms. The minimum absolute atomic E-state index is 0.0212. The molecule has 0 amide bonds. The number of nitrogens with zero attached hydrogens (tertiary/aromatic N) is 2. The van der Waals surface area contributed by atoms with E-state index in [1.165, 1.54) is 18.3 Å². The van der Waals surface area contributed by atoms with E-state index in [-0.39, 0.29) is 27.2 Å². The highest BCUT2D eigenvalue weighted by atomic mass is 35.5. The molecule has 0 spiro atoms. The summed E-state index contributed by atoms with van der Waals surface area (Å²) < 4.78 is 26.9. The SMILES string of the molecule is Cc1cnc(CNS(=O)(=O)c2c(Cl)cc(N)cc2Cl)cn1. The van der Waals surface area contributed by atoms with E-state index in [0.717, 1.165) is 5.69 Å². The summed E-state index contributed by atoms with van der Waals surface area (Å²) in [5.74, 6) is 0. The Morgan fingerprint density at radius 2 is 1.81 bits per heavy atom. The van der Waals surface area contributed by atoms with Crippen LogP contribution in [0.15, 0.2) is 29.4 Å². The van der Waals surface area contributed by atoms with E-state index in [2.05, 4.69) is 14.7 Å². The van der Waals surface area contributed by atoms with Crippen molar-refractivity contribution in [3.05, 3.63) is 46.0 Å². The predicted molar refractivity (Wildman–Crippen MR) is 81.7 cm³/mol. The molecule has 0 bridgehead atoms. The van der Waals surface area contributed by atoms with Crippen molar-refractivity contribution >= 4 is 38.9 Å². The molecule has 0 atom stereocenters. The number of halogens is 2. The van der Waals surface area contributed by atoms with Crippen molar-refractivity contribution in [1.29, 1.82) is 0 Å². The number of rotatable bonds is 4. The van der Waals surface area contributed by atoms with Crippen molar-refractivity contribution in [2.75, 3.05) is 5.73 Å². The first kappa shape index (κ1) is 16.0. The third-order valence-corrected chi connectivity index (χ3v) is 4.89. The highest BCUT2D eigenvalue weighted by Crippen LogP contribution is 2.31. The van der Waals surface area contributed by atoms with Gasteiger partial charge in [-0.25, -0.2) is 13.1 Å². The van der Waals surface area contributed by atoms with Gasteiger partial charge >= 0.3 is 0 Å². The zero-order valence-corrected chi connectivity index (χ0v) is 13.3. The molecule has 2 aromatic rings. The van der Waals surface area contributed by atoms with E-state index in [0.29, 0.717) is 5.69 Å². The molecule has 0 saturated heterocycles. The second-order valence-electron chi connectivity index (χ2n) is 4.29. The number of aromatic nitrogens is 2. The second kappa shape index (κ2) is 6.15. The molecule has 0 unspecified atom stereocenters. The summed E-state index contributed by atoms with van der Waals surface area (Å²) in [5.41, 5.74) is 7.05. The maximum Gasteiger partial charge on any atom is 0.243 e. The molecule has 0 saturated carbocycles. The Morgan fingerprint density at radius 1 is 1.19 bits per heavy atom. The Morgan fingerprint density at radius 3 is 2.33 bits per heavy atom. The summed E-state index contributed by atoms with van der Waals surface area (Å²) in [6.07, 6.45) is 3.04. The van der Waals surface area contributed by atoms with Gasteiger partial charge in [0.15, 0.2) is 0 Å². The Kier molecular flexibility index (Phi) is 4.67. The maximum atomic E-state index is 12.3. The molecule has 0 aliphatic heterocycles. The fraction of sp³-hybridized carbons (Fsp3) is 0.167. The van der Waals surface area contributed by atoms with E-state index in [4.69, 9.17) is 28.9 Å². The molecular weight excluding hydrogens is 335 g/mol. The first-order valence-electron chi connectivity index (χ1n) is 5.81. The molecule has 1 aromatic heterocycles. The molecule has 1 aromatic carbocycles. The van der Waals surface area contributed by atoms with Crippen LogP contribution in [0.5, 0.6) is 0 Å². The van der Waals surface area contributed by atoms with Gasteiger partial charge < -0.3 is 5.73 Å². The number of nitrogen functional groups attached to an aromatic ring is 1. The lowest BCUT2D eigenvalue weighted by atomic mass is 10.3. The van der Waals surface area contributed by atoms with Gasteiger partial charge in [0.05, 0.1) is 34.2 Å². The molecule has 21 heavy (non-hydrogen) atoms. The first-order chi connectivity index (χ1) is 9.79. The van der Waals surface area contributed by atoms with E-state index in [1.54, 1.807) is 13.1 Å². The number of anilines is 1. The third kappa shape index (κ3) is 3.82. The summed E-state index contributed by atoms with van der Waals surface area (Å²) in [6, 6.07) is 2.65. The fourth-order valence-electron chi connectivity index (χ4n) is 1.59. The molecular formula is C12H12Cl2N4O2S. The maximum absolute atomic E-state index is 12.3. The molecule has 2 rings (SSSR count). The zero-order chi connectivity index (χ0) is 15.6. The van der Waals surface area contributed by atoms with E-state index in [9.17, 15) is 8.42 Å². The average molecular weight is 347 g/mol. The van der Waals surface area contributed by atoms with Gasteiger partial charge in [0.25, 0.3) is 0 Å². The van der Waals surface area contributed by atoms with Gasteiger partial charge in [-0.2, -0.15) is 0 Å². The third-order valence-electron chi connectivity index (χ3n) is 2.57. The van der Waals surface area contributed by atoms with Gasteiger partial charge in [-0.05, 0) is 19.1 Å². The number of benzene rings is 1. The average Bonchev–Trinajstić information content (AvgIpc) is 2.36. The van der Waals surface area contributed by atoms with E-state index >= 15 is 0 Å². The summed E-state index contributed by atoms with van der Waals surface area (Å²) in [7, 11) is -3.88. The minimum atomic E-state index is -3.88. The topological polar surface area (TPSA) is 98.0 Å². The lowest BCUT2D eigenvalue weighted by Crippen LogP contribution is -2.24. The van der Waals surface area contributed by atoms with E-state index in [1.807, 2.05) is 0 Å². The number of sulfonamides is 1. The van der Waals surface area contributed by atoms with Gasteiger partial charge in [-0.15, -0.1) is 0 Å². The Balaban J connectivity index is 2.25. The second-order valence-corrected chi connectivity index (χ2v) is 6.81. The summed E-state index contributed by atoms with van der Waals surface area (Å²) in [6.45, 7) is 1.77. The molecule has 3 N–H and O–H groups in total. The minimum Gasteiger partial charge on any atom is -0.399 e. The van der Waals surface area contributed by atoms with Crippen molar-refractivity contribution in [3.63, 3.8) is 0 Å². The number of nitrogens with one attached hydrogen (secondary N) is 1. The smallest absolute Gasteiger partial charge is 0.243 e. The normalized spacial score (nSPS) is 11.6. The Hall–Kier alpha value is -1.41. The van der Waals surface area contributed by atoms with Crippen molar-refractivity contribution in [2.45, 2.75) is 18.4 Å². The largest absolute Gasteiger partial charge is 0.399 e. The van der Waals surface area contributed by atoms with Crippen LogP contribution < -0.4 is 10.5 Å². The summed E-state index contributed by atoms with van der Waals surface area (Å²) >= 11 is 11.8. The lowest BCUT2D eigenvalue weighted by Gasteiger charge is -2.10. The summed E-state index contributed by atoms with van der Waals surface area (Å²) in [4.78, 5) is 7.88. The summed E-state index contributed by atoms with van der Waals surface area (Å²) in [5, 5.41) is -0.0787. The fourth-order valence-corrected chi connectivity index (χ4v) is 3.81. The molecule has 0 fully saturated rings. The highest BCUT2D eigenvalue weighted by molar-refractivity contribution is 7.89. The zero-order valence-electron chi connectivity index (χ0n) is 11.0. The number of nitrogens with two attached hydrogens (primary N) is 1. The van der Waals surface area contributed by atoms with Crippen LogP contribution in [0.3, 0.4) is 0 Å². The van der Waals surface area contributed by atoms with Gasteiger partial charge in [-0.1, -0.05) is 23.2 Å². The number of aryl methyl sites for hydroxylation is 1. The highest BCUT2D eigenvalue weighted by Gasteiger charge is 2.22. The monoisotopic (exact) mass is 346 g/mol. The first-order valence-corrected chi connectivity index (χ1v) is 8.05. The molecule has 0 aliphatic rings. The van der Waals surface area contributed by atoms with Crippen LogP contribution in [-0.2, 0) is 16.6 Å². The van der Waals surface area contributed by atoms with Crippen LogP contribution in [0.1, 0.15) is 11.4 Å². The van der Waals surface area contributed by atoms with Crippen molar-refractivity contribution < 1.29 is 8.42 Å². The van der Waals surface area contributed by atoms with Crippen LogP contribution >= 0.6 is 23.2 Å². The molecule has 112 valence electrons. The van der Waals surface area contributed by atoms with Gasteiger partial charge in [-0.3, -0.25) is 9.97 Å². The van der Waals surface area contributed by atoms with Crippen LogP contribution in [0, 0.1) is 6.92 Å². The van der Waals surface area contributed by atoms with Gasteiger partial charge in [0.1, 0.15) is 4.90 Å². The van der Waals surface area contributed by atoms with Crippen LogP contribution in [-0.4, -0.2) is 18.4 Å². The van der Waals surface area contributed by atoms with E-state index < -0.39 is 10.0 Å². The Bertz CT molecular complexity index is 740. The quantitative estimate of drug-likeness (QED) is 0.826. The number of hydrogen-bond acceptors (Lipinski definition) is 5. The van der Waals surface area contributed by atoms with Crippen LogP contribution in [0.4, 0.5) is 5.69 Å². The van der Waals surface area contributed by atoms with Crippen LogP contribution in [0.25, 0.3) is 0 Å².